The highest BCUT2D eigenvalue weighted by atomic mass is 32.2. The Morgan fingerprint density at radius 2 is 1.89 bits per heavy atom. The third-order valence-corrected chi connectivity index (χ3v) is 7.39. The Bertz CT molecular complexity index is 964. The smallest absolute Gasteiger partial charge is 0.263 e. The number of benzene rings is 1. The lowest BCUT2D eigenvalue weighted by atomic mass is 9.92. The zero-order chi connectivity index (χ0) is 20.3. The maximum atomic E-state index is 12.9. The van der Waals surface area contributed by atoms with Crippen molar-refractivity contribution in [2.75, 3.05) is 0 Å². The first-order valence-electron chi connectivity index (χ1n) is 9.41. The molecule has 0 fully saturated rings. The summed E-state index contributed by atoms with van der Waals surface area (Å²) in [6.07, 6.45) is 1.91. The van der Waals surface area contributed by atoms with Crippen LogP contribution in [0.25, 0.3) is 0 Å². The van der Waals surface area contributed by atoms with Gasteiger partial charge in [0, 0.05) is 10.4 Å². The number of amides is 1. The molecule has 1 aromatic heterocycles. The zero-order valence-corrected chi connectivity index (χ0v) is 17.8. The van der Waals surface area contributed by atoms with Crippen LogP contribution in [0.15, 0.2) is 51.7 Å². The van der Waals surface area contributed by atoms with Crippen molar-refractivity contribution in [1.29, 1.82) is 0 Å². The zero-order valence-electron chi connectivity index (χ0n) is 16.2. The summed E-state index contributed by atoms with van der Waals surface area (Å²) in [5.74, 6) is 0.322. The number of aliphatic imine (C=N–C) groups is 1. The molecule has 150 valence electrons. The third-order valence-electron chi connectivity index (χ3n) is 5.03. The molecular formula is C20H25N3O3S2. The van der Waals surface area contributed by atoms with Gasteiger partial charge in [-0.2, -0.15) is 0 Å². The number of carbonyl (C=O) groups excluding carboxylic acids is 1. The number of thiophene rings is 1. The number of hydrogen-bond acceptors (Lipinski definition) is 5. The molecule has 0 aliphatic carbocycles. The van der Waals surface area contributed by atoms with Crippen molar-refractivity contribution < 1.29 is 13.2 Å². The lowest BCUT2D eigenvalue weighted by Crippen LogP contribution is -2.38. The van der Waals surface area contributed by atoms with Gasteiger partial charge in [0.25, 0.3) is 10.0 Å². The Balaban J connectivity index is 1.82. The van der Waals surface area contributed by atoms with Gasteiger partial charge >= 0.3 is 0 Å². The number of nitrogens with zero attached hydrogens (tertiary/aromatic N) is 1. The summed E-state index contributed by atoms with van der Waals surface area (Å²) < 4.78 is 26.9. The lowest BCUT2D eigenvalue weighted by Gasteiger charge is -2.26. The van der Waals surface area contributed by atoms with E-state index in [1.54, 1.807) is 36.5 Å². The van der Waals surface area contributed by atoms with Gasteiger partial charge < -0.3 is 5.32 Å². The molecule has 0 saturated heterocycles. The van der Waals surface area contributed by atoms with Gasteiger partial charge in [-0.3, -0.25) is 14.5 Å². The minimum atomic E-state index is -3.62. The molecule has 1 aliphatic heterocycles. The van der Waals surface area contributed by atoms with E-state index in [-0.39, 0.29) is 22.7 Å². The predicted octanol–water partition coefficient (Wildman–Crippen LogP) is 3.47. The van der Waals surface area contributed by atoms with Gasteiger partial charge in [0.05, 0.1) is 10.9 Å². The van der Waals surface area contributed by atoms with Gasteiger partial charge in [0.2, 0.25) is 5.91 Å². The predicted molar refractivity (Wildman–Crippen MR) is 112 cm³/mol. The molecule has 0 spiro atoms. The summed E-state index contributed by atoms with van der Waals surface area (Å²) >= 11 is 1.62. The molecule has 8 heteroatoms. The van der Waals surface area contributed by atoms with Gasteiger partial charge in [-0.15, -0.1) is 11.3 Å². The fraction of sp³-hybridized carbons (Fsp3) is 0.400. The van der Waals surface area contributed by atoms with E-state index in [0.717, 1.165) is 17.7 Å². The Morgan fingerprint density at radius 3 is 2.54 bits per heavy atom. The fourth-order valence-corrected chi connectivity index (χ4v) is 5.51. The maximum absolute atomic E-state index is 12.9. The molecule has 1 aliphatic rings. The Morgan fingerprint density at radius 1 is 1.18 bits per heavy atom. The van der Waals surface area contributed by atoms with E-state index in [1.807, 2.05) is 17.5 Å². The van der Waals surface area contributed by atoms with Crippen LogP contribution >= 0.6 is 11.3 Å². The summed E-state index contributed by atoms with van der Waals surface area (Å²) in [7, 11) is -3.62. The van der Waals surface area contributed by atoms with Gasteiger partial charge in [-0.1, -0.05) is 44.9 Å². The molecule has 3 rings (SSSR count). The van der Waals surface area contributed by atoms with Crippen LogP contribution in [0.2, 0.25) is 0 Å². The average molecular weight is 420 g/mol. The van der Waals surface area contributed by atoms with Crippen molar-refractivity contribution in [3.63, 3.8) is 0 Å². The number of amidine groups is 1. The van der Waals surface area contributed by atoms with E-state index in [2.05, 4.69) is 28.9 Å². The minimum Gasteiger partial charge on any atom is -0.346 e. The normalized spacial score (nSPS) is 18.5. The van der Waals surface area contributed by atoms with E-state index >= 15 is 0 Å². The van der Waals surface area contributed by atoms with Gasteiger partial charge in [-0.05, 0) is 36.4 Å². The molecule has 0 radical (unpaired) electrons. The Labute approximate surface area is 170 Å². The minimum absolute atomic E-state index is 0.0716. The van der Waals surface area contributed by atoms with Crippen molar-refractivity contribution >= 4 is 33.1 Å². The Hall–Kier alpha value is -2.19. The molecule has 2 heterocycles. The first kappa shape index (κ1) is 20.5. The topological polar surface area (TPSA) is 87.6 Å². The number of fused-ring (bicyclic) bond motifs is 1. The number of nitrogens with one attached hydrogen (secondary N) is 2. The van der Waals surface area contributed by atoms with E-state index < -0.39 is 16.1 Å². The summed E-state index contributed by atoms with van der Waals surface area (Å²) in [4.78, 5) is 18.5. The molecule has 2 N–H and O–H groups in total. The number of carbonyl (C=O) groups is 1. The van der Waals surface area contributed by atoms with Crippen LogP contribution in [0.5, 0.6) is 0 Å². The van der Waals surface area contributed by atoms with Crippen molar-refractivity contribution in [3.05, 3.63) is 52.2 Å². The molecule has 0 saturated carbocycles. The third kappa shape index (κ3) is 4.12. The van der Waals surface area contributed by atoms with Gasteiger partial charge in [-0.25, -0.2) is 8.42 Å². The monoisotopic (exact) mass is 419 g/mol. The molecule has 1 aromatic carbocycles. The van der Waals surface area contributed by atoms with Crippen LogP contribution in [-0.2, 0) is 14.8 Å². The molecule has 28 heavy (non-hydrogen) atoms. The van der Waals surface area contributed by atoms with Gasteiger partial charge in [0.15, 0.2) is 0 Å². The van der Waals surface area contributed by atoms with Crippen molar-refractivity contribution in [2.24, 2.45) is 10.9 Å². The quantitative estimate of drug-likeness (QED) is 0.720. The highest BCUT2D eigenvalue weighted by Crippen LogP contribution is 2.30. The lowest BCUT2D eigenvalue weighted by molar-refractivity contribution is -0.123. The largest absolute Gasteiger partial charge is 0.346 e. The van der Waals surface area contributed by atoms with Gasteiger partial charge in [0.1, 0.15) is 11.9 Å². The van der Waals surface area contributed by atoms with Crippen LogP contribution < -0.4 is 10.0 Å². The summed E-state index contributed by atoms with van der Waals surface area (Å²) in [5.41, 5.74) is 0.497. The summed E-state index contributed by atoms with van der Waals surface area (Å²) in [6, 6.07) is 9.86. The van der Waals surface area contributed by atoms with Crippen LogP contribution in [0.3, 0.4) is 0 Å². The number of rotatable bonds is 7. The summed E-state index contributed by atoms with van der Waals surface area (Å²) in [5, 5.41) is 5.13. The van der Waals surface area contributed by atoms with Crippen molar-refractivity contribution in [1.82, 2.24) is 10.0 Å². The Kier molecular flexibility index (Phi) is 6.20. The van der Waals surface area contributed by atoms with E-state index in [0.29, 0.717) is 11.5 Å². The molecular weight excluding hydrogens is 394 g/mol. The van der Waals surface area contributed by atoms with E-state index in [9.17, 15) is 13.2 Å². The number of sulfonamides is 1. The van der Waals surface area contributed by atoms with Crippen LogP contribution in [0.4, 0.5) is 0 Å². The van der Waals surface area contributed by atoms with E-state index in [4.69, 9.17) is 0 Å². The van der Waals surface area contributed by atoms with Crippen molar-refractivity contribution in [3.8, 4) is 0 Å². The summed E-state index contributed by atoms with van der Waals surface area (Å²) in [6.45, 7) is 5.92. The second kappa shape index (κ2) is 8.45. The highest BCUT2D eigenvalue weighted by Gasteiger charge is 2.32. The number of hydrogen-bond donors (Lipinski definition) is 2. The molecule has 1 unspecified atom stereocenters. The molecule has 6 nitrogen and oxygen atoms in total. The van der Waals surface area contributed by atoms with Crippen LogP contribution in [0.1, 0.15) is 50.1 Å². The highest BCUT2D eigenvalue weighted by molar-refractivity contribution is 7.90. The molecule has 2 aromatic rings. The van der Waals surface area contributed by atoms with Crippen molar-refractivity contribution in [2.45, 2.75) is 50.6 Å². The fourth-order valence-electron chi connectivity index (χ4n) is 3.41. The maximum Gasteiger partial charge on any atom is 0.263 e. The van der Waals surface area contributed by atoms with Crippen LogP contribution in [0, 0.1) is 5.92 Å². The second-order valence-corrected chi connectivity index (χ2v) is 9.46. The molecule has 0 bridgehead atoms. The SMILES string of the molecule is CCC(CC)C(NC(=O)[C@H](C)N=C1NS(=O)(=O)c2ccccc21)c1cccs1. The first-order valence-corrected chi connectivity index (χ1v) is 11.8. The van der Waals surface area contributed by atoms with E-state index in [1.165, 1.54) is 6.07 Å². The first-order chi connectivity index (χ1) is 13.4. The average Bonchev–Trinajstić information content (AvgIpc) is 3.29. The molecule has 1 amide bonds. The van der Waals surface area contributed by atoms with Crippen LogP contribution in [-0.4, -0.2) is 26.2 Å². The second-order valence-electron chi connectivity index (χ2n) is 6.83. The standard InChI is InChI=1S/C20H25N3O3S2/c1-4-14(5-2)18(16-10-8-12-27-16)22-20(24)13(3)21-19-15-9-6-7-11-17(15)28(25,26)23-19/h6-14,18H,4-5H2,1-3H3,(H,21,23)(H,22,24)/t13-,18?/m0/s1. The molecule has 2 atom stereocenters.